The smallest absolute Gasteiger partial charge is 0.257 e. The number of amides is 3. The Kier molecular flexibility index (Phi) is 5.98. The lowest BCUT2D eigenvalue weighted by molar-refractivity contribution is -0.153. The number of hydrogen-bond donors (Lipinski definition) is 1. The topological polar surface area (TPSA) is 87.2 Å². The highest BCUT2D eigenvalue weighted by Crippen LogP contribution is 2.42. The molecule has 2 unspecified atom stereocenters. The van der Waals surface area contributed by atoms with Gasteiger partial charge in [0.1, 0.15) is 11.8 Å². The Morgan fingerprint density at radius 1 is 0.917 bits per heavy atom. The first-order valence-corrected chi connectivity index (χ1v) is 13.5. The summed E-state index contributed by atoms with van der Waals surface area (Å²) in [5.74, 6) is 1.24. The Balaban J connectivity index is 1.27. The molecule has 6 rings (SSSR count). The molecule has 1 saturated heterocycles. The van der Waals surface area contributed by atoms with Crippen LogP contribution in [0.2, 0.25) is 0 Å². The second-order valence-corrected chi connectivity index (χ2v) is 11.0. The number of benzene rings is 2. The summed E-state index contributed by atoms with van der Waals surface area (Å²) in [6, 6.07) is 8.43. The van der Waals surface area contributed by atoms with E-state index in [-0.39, 0.29) is 24.9 Å². The van der Waals surface area contributed by atoms with E-state index in [0.717, 1.165) is 35.0 Å². The number of hydrogen-bond acceptors (Lipinski definition) is 5. The van der Waals surface area contributed by atoms with E-state index in [1.165, 1.54) is 50.5 Å². The van der Waals surface area contributed by atoms with Crippen molar-refractivity contribution in [3.8, 4) is 5.75 Å². The predicted molar refractivity (Wildman–Crippen MR) is 134 cm³/mol. The summed E-state index contributed by atoms with van der Waals surface area (Å²) in [4.78, 5) is 41.0. The highest BCUT2D eigenvalue weighted by Gasteiger charge is 2.44. The fourth-order valence-corrected chi connectivity index (χ4v) is 7.05. The van der Waals surface area contributed by atoms with Gasteiger partial charge in [-0.1, -0.05) is 43.9 Å². The molecule has 3 amide bonds. The van der Waals surface area contributed by atoms with E-state index in [4.69, 9.17) is 4.74 Å². The summed E-state index contributed by atoms with van der Waals surface area (Å²) in [6.45, 7) is 0. The number of nitrogens with zero attached hydrogens (tertiary/aromatic N) is 2. The summed E-state index contributed by atoms with van der Waals surface area (Å²) in [5, 5.41) is 12.7. The van der Waals surface area contributed by atoms with Crippen molar-refractivity contribution in [2.45, 2.75) is 82.6 Å². The molecule has 2 aliphatic heterocycles. The number of ether oxygens (including phenoxy) is 1. The van der Waals surface area contributed by atoms with Crippen LogP contribution in [0.15, 0.2) is 30.3 Å². The van der Waals surface area contributed by atoms with Crippen molar-refractivity contribution in [3.05, 3.63) is 41.5 Å². The second kappa shape index (κ2) is 9.18. The molecular formula is C29H34N2O5. The zero-order valence-electron chi connectivity index (χ0n) is 20.8. The van der Waals surface area contributed by atoms with Gasteiger partial charge in [0.2, 0.25) is 5.91 Å². The normalized spacial score (nSPS) is 29.3. The lowest BCUT2D eigenvalue weighted by Crippen LogP contribution is -2.56. The summed E-state index contributed by atoms with van der Waals surface area (Å²) in [7, 11) is 1.43. The van der Waals surface area contributed by atoms with Crippen LogP contribution in [0.25, 0.3) is 10.8 Å². The first kappa shape index (κ1) is 23.5. The van der Waals surface area contributed by atoms with Gasteiger partial charge in [0.25, 0.3) is 11.8 Å². The van der Waals surface area contributed by atoms with Gasteiger partial charge in [-0.3, -0.25) is 24.2 Å². The molecule has 1 N–H and O–H groups in total. The van der Waals surface area contributed by atoms with E-state index in [1.807, 2.05) is 18.2 Å². The largest absolute Gasteiger partial charge is 0.490 e. The van der Waals surface area contributed by atoms with Crippen LogP contribution in [0.5, 0.6) is 5.75 Å². The maximum absolute atomic E-state index is 13.7. The van der Waals surface area contributed by atoms with Crippen LogP contribution in [-0.4, -0.2) is 51.8 Å². The zero-order valence-corrected chi connectivity index (χ0v) is 20.8. The number of likely N-dealkylation sites (N-methyl/N-ethyl adjacent to an activating group) is 1. The van der Waals surface area contributed by atoms with Gasteiger partial charge >= 0.3 is 0 Å². The number of imide groups is 1. The van der Waals surface area contributed by atoms with Crippen molar-refractivity contribution >= 4 is 28.5 Å². The maximum atomic E-state index is 13.7. The lowest BCUT2D eigenvalue weighted by Gasteiger charge is -2.41. The van der Waals surface area contributed by atoms with Gasteiger partial charge in [-0.05, 0) is 61.5 Å². The molecule has 2 aliphatic carbocycles. The van der Waals surface area contributed by atoms with Gasteiger partial charge in [-0.15, -0.1) is 0 Å². The Morgan fingerprint density at radius 3 is 2.39 bits per heavy atom. The van der Waals surface area contributed by atoms with Crippen LogP contribution >= 0.6 is 0 Å². The Hall–Kier alpha value is -2.93. The second-order valence-electron chi connectivity index (χ2n) is 11.0. The molecule has 0 aromatic heterocycles. The average molecular weight is 491 g/mol. The van der Waals surface area contributed by atoms with Gasteiger partial charge in [0.15, 0.2) is 6.23 Å². The Bertz CT molecular complexity index is 1210. The van der Waals surface area contributed by atoms with Gasteiger partial charge in [0, 0.05) is 24.4 Å². The van der Waals surface area contributed by atoms with Crippen molar-refractivity contribution < 1.29 is 24.2 Å². The third kappa shape index (κ3) is 3.88. The van der Waals surface area contributed by atoms with Crippen LogP contribution in [0.3, 0.4) is 0 Å². The van der Waals surface area contributed by atoms with Crippen molar-refractivity contribution in [1.82, 2.24) is 9.80 Å². The number of carbonyl (C=O) groups is 3. The average Bonchev–Trinajstić information content (AvgIpc) is 3.42. The number of likely N-dealkylation sites (tertiary alicyclic amines) is 1. The highest BCUT2D eigenvalue weighted by molar-refractivity contribution is 6.12. The Morgan fingerprint density at radius 2 is 1.64 bits per heavy atom. The number of carbonyl (C=O) groups excluding carboxylic acids is 3. The predicted octanol–water partition coefficient (Wildman–Crippen LogP) is 4.56. The number of piperidine rings is 1. The van der Waals surface area contributed by atoms with Crippen molar-refractivity contribution in [2.75, 3.05) is 7.05 Å². The monoisotopic (exact) mass is 490 g/mol. The van der Waals surface area contributed by atoms with Crippen LogP contribution in [0, 0.1) is 11.8 Å². The van der Waals surface area contributed by atoms with Gasteiger partial charge in [0.05, 0.1) is 11.7 Å². The molecular weight excluding hydrogens is 456 g/mol. The molecule has 7 nitrogen and oxygen atoms in total. The molecule has 7 heteroatoms. The first-order chi connectivity index (χ1) is 17.4. The number of aliphatic hydroxyl groups excluding tert-OH is 1. The van der Waals surface area contributed by atoms with E-state index in [1.54, 1.807) is 12.1 Å². The minimum atomic E-state index is -1.25. The molecule has 2 aromatic rings. The number of aliphatic hydroxyl groups is 1. The molecule has 2 aromatic carbocycles. The summed E-state index contributed by atoms with van der Waals surface area (Å²) < 4.78 is 6.44. The van der Waals surface area contributed by atoms with Gasteiger partial charge in [-0.25, -0.2) is 0 Å². The molecule has 2 saturated carbocycles. The third-order valence-electron chi connectivity index (χ3n) is 9.03. The summed E-state index contributed by atoms with van der Waals surface area (Å²) in [6.07, 6.45) is 9.23. The first-order valence-electron chi connectivity index (χ1n) is 13.5. The minimum Gasteiger partial charge on any atom is -0.490 e. The van der Waals surface area contributed by atoms with Crippen LogP contribution < -0.4 is 4.74 Å². The van der Waals surface area contributed by atoms with E-state index in [9.17, 15) is 19.5 Å². The molecule has 2 atom stereocenters. The molecule has 3 fully saturated rings. The zero-order chi connectivity index (χ0) is 25.0. The molecule has 0 spiro atoms. The highest BCUT2D eigenvalue weighted by atomic mass is 16.5. The number of rotatable bonds is 4. The fourth-order valence-electron chi connectivity index (χ4n) is 7.05. The maximum Gasteiger partial charge on any atom is 0.257 e. The molecule has 0 radical (unpaired) electrons. The van der Waals surface area contributed by atoms with Crippen LogP contribution in [0.4, 0.5) is 0 Å². The van der Waals surface area contributed by atoms with Gasteiger partial charge in [-0.2, -0.15) is 0 Å². The van der Waals surface area contributed by atoms with E-state index in [0.29, 0.717) is 22.3 Å². The molecule has 2 heterocycles. The molecule has 36 heavy (non-hydrogen) atoms. The SMILES string of the molecule is CN1C(=O)CCC(N2C(=O)c3cc(OC4CCC(C5CCCC5)CC4)cc4cccc(c34)C2O)C1=O. The third-order valence-corrected chi connectivity index (χ3v) is 9.03. The van der Waals surface area contributed by atoms with E-state index < -0.39 is 24.1 Å². The minimum absolute atomic E-state index is 0.135. The van der Waals surface area contributed by atoms with Gasteiger partial charge < -0.3 is 9.84 Å². The molecule has 0 bridgehead atoms. The van der Waals surface area contributed by atoms with Crippen LogP contribution in [-0.2, 0) is 9.59 Å². The lowest BCUT2D eigenvalue weighted by atomic mass is 9.78. The van der Waals surface area contributed by atoms with Crippen molar-refractivity contribution in [3.63, 3.8) is 0 Å². The molecule has 4 aliphatic rings. The fraction of sp³-hybridized carbons (Fsp3) is 0.552. The standard InChI is InChI=1S/C29H34N2O5/c1-30-25(32)14-13-24(29(30)35)31-27(33)22-8-4-7-19-15-21(16-23(26(19)22)28(31)34)36-20-11-9-18(10-12-20)17-5-2-3-6-17/h4,7-8,15-18,20,24,27,33H,2-3,5-6,9-14H2,1H3. The summed E-state index contributed by atoms with van der Waals surface area (Å²) in [5.41, 5.74) is 1.04. The van der Waals surface area contributed by atoms with E-state index >= 15 is 0 Å². The quantitative estimate of drug-likeness (QED) is 0.635. The van der Waals surface area contributed by atoms with Crippen LogP contribution in [0.1, 0.15) is 86.4 Å². The van der Waals surface area contributed by atoms with Crippen molar-refractivity contribution in [1.29, 1.82) is 0 Å². The molecule has 190 valence electrons. The van der Waals surface area contributed by atoms with Crippen molar-refractivity contribution in [2.24, 2.45) is 11.8 Å². The summed E-state index contributed by atoms with van der Waals surface area (Å²) >= 11 is 0. The Labute approximate surface area is 211 Å². The van der Waals surface area contributed by atoms with E-state index in [2.05, 4.69) is 0 Å².